The van der Waals surface area contributed by atoms with Crippen molar-refractivity contribution >= 4 is 0 Å². The van der Waals surface area contributed by atoms with Crippen LogP contribution in [0.25, 0.3) is 0 Å². The molecule has 0 bridgehead atoms. The Labute approximate surface area is 122 Å². The molecule has 20 heavy (non-hydrogen) atoms. The fourth-order valence-electron chi connectivity index (χ4n) is 2.95. The molecule has 0 N–H and O–H groups in total. The van der Waals surface area contributed by atoms with Crippen molar-refractivity contribution in [3.05, 3.63) is 29.8 Å². The van der Waals surface area contributed by atoms with E-state index in [1.54, 1.807) is 6.07 Å². The molecule has 1 heterocycles. The van der Waals surface area contributed by atoms with E-state index >= 15 is 0 Å². The molecule has 1 aliphatic heterocycles. The van der Waals surface area contributed by atoms with Crippen LogP contribution >= 0.6 is 0 Å². The van der Waals surface area contributed by atoms with Crippen LogP contribution in [-0.2, 0) is 0 Å². The molecule has 1 aromatic carbocycles. The summed E-state index contributed by atoms with van der Waals surface area (Å²) in [6.45, 7) is 5.07. The number of benzene rings is 1. The lowest BCUT2D eigenvalue weighted by Crippen LogP contribution is -2.37. The van der Waals surface area contributed by atoms with E-state index in [9.17, 15) is 0 Å². The number of nitrogens with zero attached hydrogens (tertiary/aromatic N) is 2. The van der Waals surface area contributed by atoms with Gasteiger partial charge in [0.25, 0.3) is 0 Å². The zero-order valence-corrected chi connectivity index (χ0v) is 12.3. The second-order valence-corrected chi connectivity index (χ2v) is 5.40. The van der Waals surface area contributed by atoms with Crippen molar-refractivity contribution in [3.8, 4) is 11.8 Å². The highest BCUT2D eigenvalue weighted by Gasteiger charge is 2.19. The second-order valence-electron chi connectivity index (χ2n) is 5.40. The van der Waals surface area contributed by atoms with Gasteiger partial charge in [-0.25, -0.2) is 0 Å². The average Bonchev–Trinajstić information content (AvgIpc) is 2.72. The lowest BCUT2D eigenvalue weighted by atomic mass is 10.1. The van der Waals surface area contributed by atoms with Crippen molar-refractivity contribution in [1.82, 2.24) is 4.90 Å². The first-order valence-corrected chi connectivity index (χ1v) is 7.71. The van der Waals surface area contributed by atoms with Crippen LogP contribution in [0, 0.1) is 11.3 Å². The molecule has 1 unspecified atom stereocenters. The summed E-state index contributed by atoms with van der Waals surface area (Å²) < 4.78 is 5.80. The van der Waals surface area contributed by atoms with Crippen LogP contribution in [0.4, 0.5) is 0 Å². The Morgan fingerprint density at radius 1 is 1.30 bits per heavy atom. The summed E-state index contributed by atoms with van der Waals surface area (Å²) in [5.41, 5.74) is 0.621. The lowest BCUT2D eigenvalue weighted by Gasteiger charge is -2.28. The minimum Gasteiger partial charge on any atom is -0.491 e. The minimum absolute atomic E-state index is 0.621. The maximum absolute atomic E-state index is 9.04. The number of ether oxygens (including phenoxy) is 1. The molecule has 1 saturated heterocycles. The Bertz CT molecular complexity index is 453. The SMILES string of the molecule is CCC1CCCCCN1CCOc1ccccc1C#N. The van der Waals surface area contributed by atoms with Gasteiger partial charge in [-0.1, -0.05) is 31.9 Å². The van der Waals surface area contributed by atoms with Gasteiger partial charge >= 0.3 is 0 Å². The molecule has 0 radical (unpaired) electrons. The molecule has 3 heteroatoms. The van der Waals surface area contributed by atoms with Crippen molar-refractivity contribution < 1.29 is 4.74 Å². The molecular formula is C17H24N2O. The summed E-state index contributed by atoms with van der Waals surface area (Å²) in [4.78, 5) is 2.56. The molecule has 3 nitrogen and oxygen atoms in total. The number of para-hydroxylation sites is 1. The summed E-state index contributed by atoms with van der Waals surface area (Å²) in [5.74, 6) is 0.706. The molecule has 1 aromatic rings. The van der Waals surface area contributed by atoms with E-state index in [-0.39, 0.29) is 0 Å². The van der Waals surface area contributed by atoms with Crippen molar-refractivity contribution in [1.29, 1.82) is 5.26 Å². The Hall–Kier alpha value is -1.53. The van der Waals surface area contributed by atoms with Gasteiger partial charge < -0.3 is 4.74 Å². The first kappa shape index (κ1) is 14.9. The third-order valence-corrected chi connectivity index (χ3v) is 4.11. The van der Waals surface area contributed by atoms with E-state index in [0.29, 0.717) is 24.0 Å². The molecule has 0 spiro atoms. The highest BCUT2D eigenvalue weighted by molar-refractivity contribution is 5.42. The van der Waals surface area contributed by atoms with E-state index in [2.05, 4.69) is 17.9 Å². The molecule has 108 valence electrons. The molecule has 1 fully saturated rings. The van der Waals surface area contributed by atoms with Crippen LogP contribution in [0.5, 0.6) is 5.75 Å². The average molecular weight is 272 g/mol. The fourth-order valence-corrected chi connectivity index (χ4v) is 2.95. The van der Waals surface area contributed by atoms with Gasteiger partial charge in [-0.05, 0) is 37.9 Å². The van der Waals surface area contributed by atoms with Gasteiger partial charge in [0.1, 0.15) is 18.4 Å². The van der Waals surface area contributed by atoms with Gasteiger partial charge in [0.15, 0.2) is 0 Å². The van der Waals surface area contributed by atoms with Crippen molar-refractivity contribution in [2.24, 2.45) is 0 Å². The summed E-state index contributed by atoms with van der Waals surface area (Å²) in [7, 11) is 0. The maximum Gasteiger partial charge on any atom is 0.137 e. The first-order chi connectivity index (χ1) is 9.85. The van der Waals surface area contributed by atoms with Crippen LogP contribution in [0.15, 0.2) is 24.3 Å². The number of hydrogen-bond acceptors (Lipinski definition) is 3. The molecular weight excluding hydrogens is 248 g/mol. The Morgan fingerprint density at radius 3 is 2.95 bits per heavy atom. The molecule has 2 rings (SSSR count). The monoisotopic (exact) mass is 272 g/mol. The lowest BCUT2D eigenvalue weighted by molar-refractivity contribution is 0.158. The van der Waals surface area contributed by atoms with Gasteiger partial charge in [-0.3, -0.25) is 4.90 Å². The molecule has 0 saturated carbocycles. The van der Waals surface area contributed by atoms with Crippen molar-refractivity contribution in [2.75, 3.05) is 19.7 Å². The van der Waals surface area contributed by atoms with Crippen LogP contribution in [-0.4, -0.2) is 30.6 Å². The van der Waals surface area contributed by atoms with Crippen LogP contribution < -0.4 is 4.74 Å². The maximum atomic E-state index is 9.04. The predicted molar refractivity (Wildman–Crippen MR) is 80.8 cm³/mol. The van der Waals surface area contributed by atoms with Gasteiger partial charge in [0.2, 0.25) is 0 Å². The third-order valence-electron chi connectivity index (χ3n) is 4.11. The van der Waals surface area contributed by atoms with Crippen molar-refractivity contribution in [3.63, 3.8) is 0 Å². The summed E-state index contributed by atoms with van der Waals surface area (Å²) in [5, 5.41) is 9.04. The van der Waals surface area contributed by atoms with Gasteiger partial charge in [0, 0.05) is 12.6 Å². The van der Waals surface area contributed by atoms with Crippen LogP contribution in [0.1, 0.15) is 44.6 Å². The summed E-state index contributed by atoms with van der Waals surface area (Å²) >= 11 is 0. The Kier molecular flexibility index (Phi) is 5.88. The van der Waals surface area contributed by atoms with E-state index in [4.69, 9.17) is 10.00 Å². The fraction of sp³-hybridized carbons (Fsp3) is 0.588. The standard InChI is InChI=1S/C17H24N2O/c1-2-16-9-4-3-7-11-19(16)12-13-20-17-10-6-5-8-15(17)14-18/h5-6,8,10,16H,2-4,7,9,11-13H2,1H3. The van der Waals surface area contributed by atoms with Gasteiger partial charge in [-0.15, -0.1) is 0 Å². The molecule has 0 amide bonds. The zero-order chi connectivity index (χ0) is 14.2. The molecule has 1 aliphatic rings. The number of nitriles is 1. The zero-order valence-electron chi connectivity index (χ0n) is 12.3. The largest absolute Gasteiger partial charge is 0.491 e. The highest BCUT2D eigenvalue weighted by Crippen LogP contribution is 2.20. The molecule has 0 aliphatic carbocycles. The van der Waals surface area contributed by atoms with E-state index in [0.717, 1.165) is 6.54 Å². The van der Waals surface area contributed by atoms with Crippen LogP contribution in [0.2, 0.25) is 0 Å². The van der Waals surface area contributed by atoms with Gasteiger partial charge in [-0.2, -0.15) is 5.26 Å². The van der Waals surface area contributed by atoms with E-state index < -0.39 is 0 Å². The predicted octanol–water partition coefficient (Wildman–Crippen LogP) is 3.59. The number of likely N-dealkylation sites (tertiary alicyclic amines) is 1. The van der Waals surface area contributed by atoms with Gasteiger partial charge in [0.05, 0.1) is 5.56 Å². The smallest absolute Gasteiger partial charge is 0.137 e. The minimum atomic E-state index is 0.621. The molecule has 0 aromatic heterocycles. The van der Waals surface area contributed by atoms with Crippen LogP contribution in [0.3, 0.4) is 0 Å². The Balaban J connectivity index is 1.86. The van der Waals surface area contributed by atoms with E-state index in [1.165, 1.54) is 38.6 Å². The van der Waals surface area contributed by atoms with Crippen molar-refractivity contribution in [2.45, 2.75) is 45.1 Å². The molecule has 1 atom stereocenters. The van der Waals surface area contributed by atoms with E-state index in [1.807, 2.05) is 18.2 Å². The summed E-state index contributed by atoms with van der Waals surface area (Å²) in [6, 6.07) is 10.3. The summed E-state index contributed by atoms with van der Waals surface area (Å²) in [6.07, 6.45) is 6.53. The first-order valence-electron chi connectivity index (χ1n) is 7.71. The highest BCUT2D eigenvalue weighted by atomic mass is 16.5. The number of rotatable bonds is 5. The topological polar surface area (TPSA) is 36.3 Å². The number of hydrogen-bond donors (Lipinski definition) is 0. The third kappa shape index (κ3) is 3.98. The second kappa shape index (κ2) is 7.91. The Morgan fingerprint density at radius 2 is 2.15 bits per heavy atom. The quantitative estimate of drug-likeness (QED) is 0.822. The normalized spacial score (nSPS) is 20.1.